The van der Waals surface area contributed by atoms with Crippen molar-refractivity contribution < 1.29 is 19.8 Å². The van der Waals surface area contributed by atoms with Crippen molar-refractivity contribution in [2.45, 2.75) is 26.0 Å². The van der Waals surface area contributed by atoms with E-state index in [0.717, 1.165) is 9.99 Å². The molecule has 0 aromatic rings. The lowest BCUT2D eigenvalue weighted by Crippen LogP contribution is -2.63. The number of aliphatic hydroxyl groups excluding tert-OH is 1. The maximum atomic E-state index is 12.0. The van der Waals surface area contributed by atoms with Crippen LogP contribution in [0.3, 0.4) is 0 Å². The van der Waals surface area contributed by atoms with Gasteiger partial charge in [0.05, 0.1) is 18.1 Å². The molecular formula is C12H17NO4S2. The van der Waals surface area contributed by atoms with Crippen LogP contribution in [-0.4, -0.2) is 50.5 Å². The molecule has 0 bridgehead atoms. The van der Waals surface area contributed by atoms with E-state index in [1.54, 1.807) is 18.7 Å². The van der Waals surface area contributed by atoms with E-state index in [2.05, 4.69) is 0 Å². The summed E-state index contributed by atoms with van der Waals surface area (Å²) in [5, 5.41) is 19.8. The quantitative estimate of drug-likeness (QED) is 0.587. The molecule has 0 spiro atoms. The molecule has 0 aliphatic carbocycles. The van der Waals surface area contributed by atoms with Gasteiger partial charge in [0.1, 0.15) is 5.70 Å². The van der Waals surface area contributed by atoms with Crippen LogP contribution in [0.25, 0.3) is 0 Å². The van der Waals surface area contributed by atoms with E-state index < -0.39 is 18.0 Å². The van der Waals surface area contributed by atoms with Crippen molar-refractivity contribution in [2.75, 3.05) is 11.3 Å². The van der Waals surface area contributed by atoms with Gasteiger partial charge in [0, 0.05) is 15.9 Å². The topological polar surface area (TPSA) is 77.8 Å². The second-order valence-electron chi connectivity index (χ2n) is 4.82. The van der Waals surface area contributed by atoms with Gasteiger partial charge in [-0.05, 0) is 13.2 Å². The van der Waals surface area contributed by atoms with Gasteiger partial charge in [0.2, 0.25) is 5.91 Å². The Morgan fingerprint density at radius 3 is 2.63 bits per heavy atom. The van der Waals surface area contributed by atoms with E-state index >= 15 is 0 Å². The van der Waals surface area contributed by atoms with Crippen molar-refractivity contribution in [3.8, 4) is 0 Å². The summed E-state index contributed by atoms with van der Waals surface area (Å²) in [5.41, 5.74) is 0.110. The summed E-state index contributed by atoms with van der Waals surface area (Å²) in [7, 11) is 0. The van der Waals surface area contributed by atoms with Crippen molar-refractivity contribution in [3.63, 3.8) is 0 Å². The minimum absolute atomic E-state index is 0.0273. The largest absolute Gasteiger partial charge is 0.477 e. The van der Waals surface area contributed by atoms with Crippen LogP contribution in [0.2, 0.25) is 0 Å². The molecule has 2 rings (SSSR count). The molecular weight excluding hydrogens is 286 g/mol. The van der Waals surface area contributed by atoms with Crippen molar-refractivity contribution in [1.82, 2.24) is 4.90 Å². The van der Waals surface area contributed by atoms with Crippen LogP contribution in [-0.2, 0) is 9.59 Å². The van der Waals surface area contributed by atoms with E-state index in [9.17, 15) is 19.8 Å². The zero-order valence-corrected chi connectivity index (χ0v) is 12.6. The van der Waals surface area contributed by atoms with Crippen molar-refractivity contribution in [3.05, 3.63) is 10.6 Å². The van der Waals surface area contributed by atoms with E-state index in [0.29, 0.717) is 0 Å². The molecule has 1 fully saturated rings. The highest BCUT2D eigenvalue weighted by molar-refractivity contribution is 8.17. The standard InChI is InChI=1S/C12H17NO4S2/c1-5-8-7(6(2)14)11(15)13(8)9(12(16)17)10(5)19-4-18-3/h5-8,14H,4H2,1-3H3,(H,16,17)/t5-,6-,7-,8-/m1/s1. The van der Waals surface area contributed by atoms with Gasteiger partial charge in [-0.2, -0.15) is 11.8 Å². The average Bonchev–Trinajstić information content (AvgIpc) is 2.56. The van der Waals surface area contributed by atoms with Crippen LogP contribution in [0.5, 0.6) is 0 Å². The second kappa shape index (κ2) is 5.38. The van der Waals surface area contributed by atoms with Crippen molar-refractivity contribution in [2.24, 2.45) is 11.8 Å². The van der Waals surface area contributed by atoms with Gasteiger partial charge in [-0.25, -0.2) is 4.79 Å². The number of aliphatic hydroxyl groups is 1. The number of carboxylic acid groups (broad SMARTS) is 1. The van der Waals surface area contributed by atoms with E-state index in [1.165, 1.54) is 16.7 Å². The summed E-state index contributed by atoms with van der Waals surface area (Å²) < 4.78 is 0. The molecule has 0 unspecified atom stereocenters. The van der Waals surface area contributed by atoms with Gasteiger partial charge < -0.3 is 15.1 Å². The highest BCUT2D eigenvalue weighted by atomic mass is 32.2. The third kappa shape index (κ3) is 2.17. The van der Waals surface area contributed by atoms with Crippen LogP contribution in [0, 0.1) is 11.8 Å². The Morgan fingerprint density at radius 2 is 2.16 bits per heavy atom. The van der Waals surface area contributed by atoms with Gasteiger partial charge in [-0.15, -0.1) is 11.8 Å². The summed E-state index contributed by atoms with van der Waals surface area (Å²) >= 11 is 3.10. The minimum Gasteiger partial charge on any atom is -0.477 e. The van der Waals surface area contributed by atoms with E-state index in [-0.39, 0.29) is 23.6 Å². The van der Waals surface area contributed by atoms with Crippen molar-refractivity contribution >= 4 is 35.4 Å². The summed E-state index contributed by atoms with van der Waals surface area (Å²) in [4.78, 5) is 25.5. The molecule has 19 heavy (non-hydrogen) atoms. The summed E-state index contributed by atoms with van der Waals surface area (Å²) in [6.07, 6.45) is 1.21. The fourth-order valence-electron chi connectivity index (χ4n) is 2.84. The number of hydrogen-bond acceptors (Lipinski definition) is 5. The summed E-state index contributed by atoms with van der Waals surface area (Å²) in [6, 6.07) is -0.206. The zero-order chi connectivity index (χ0) is 14.3. The van der Waals surface area contributed by atoms with Gasteiger partial charge in [-0.3, -0.25) is 4.79 Å². The van der Waals surface area contributed by atoms with Crippen LogP contribution < -0.4 is 0 Å². The summed E-state index contributed by atoms with van der Waals surface area (Å²) in [5.74, 6) is -1.84. The first-order chi connectivity index (χ1) is 8.91. The summed E-state index contributed by atoms with van der Waals surface area (Å²) in [6.45, 7) is 3.51. The Hall–Kier alpha value is -0.660. The van der Waals surface area contributed by atoms with Crippen LogP contribution in [0.1, 0.15) is 13.8 Å². The number of rotatable bonds is 5. The molecule has 1 saturated heterocycles. The molecule has 2 heterocycles. The molecule has 0 saturated carbocycles. The maximum Gasteiger partial charge on any atom is 0.353 e. The molecule has 0 aromatic heterocycles. The normalized spacial score (nSPS) is 31.3. The smallest absolute Gasteiger partial charge is 0.353 e. The number of β-lactam (4-membered cyclic amide) rings is 1. The molecule has 2 aliphatic heterocycles. The lowest BCUT2D eigenvalue weighted by atomic mass is 9.79. The predicted octanol–water partition coefficient (Wildman–Crippen LogP) is 1.19. The van der Waals surface area contributed by atoms with Gasteiger partial charge in [0.15, 0.2) is 0 Å². The lowest BCUT2D eigenvalue weighted by Gasteiger charge is -2.46. The third-order valence-electron chi connectivity index (χ3n) is 3.64. The number of fused-ring (bicyclic) bond motifs is 1. The first-order valence-corrected chi connectivity index (χ1v) is 8.40. The van der Waals surface area contributed by atoms with Crippen molar-refractivity contribution in [1.29, 1.82) is 0 Å². The number of nitrogens with zero attached hydrogens (tertiary/aromatic N) is 1. The Kier molecular flexibility index (Phi) is 4.17. The number of carboxylic acids is 1. The first kappa shape index (κ1) is 14.7. The van der Waals surface area contributed by atoms with Gasteiger partial charge in [-0.1, -0.05) is 6.92 Å². The van der Waals surface area contributed by atoms with Crippen LogP contribution in [0.4, 0.5) is 0 Å². The van der Waals surface area contributed by atoms with Gasteiger partial charge in [0.25, 0.3) is 0 Å². The van der Waals surface area contributed by atoms with E-state index in [1.807, 2.05) is 13.2 Å². The fraction of sp³-hybridized carbons (Fsp3) is 0.667. The molecule has 5 nitrogen and oxygen atoms in total. The minimum atomic E-state index is -1.06. The molecule has 2 aliphatic rings. The first-order valence-electron chi connectivity index (χ1n) is 6.02. The molecule has 0 radical (unpaired) electrons. The van der Waals surface area contributed by atoms with Crippen LogP contribution in [0.15, 0.2) is 10.6 Å². The van der Waals surface area contributed by atoms with E-state index in [4.69, 9.17) is 0 Å². The Morgan fingerprint density at radius 1 is 1.53 bits per heavy atom. The maximum absolute atomic E-state index is 12.0. The fourth-order valence-corrected chi connectivity index (χ4v) is 4.54. The molecule has 1 amide bonds. The number of amides is 1. The Labute approximate surface area is 120 Å². The Balaban J connectivity index is 2.32. The Bertz CT molecular complexity index is 449. The monoisotopic (exact) mass is 303 g/mol. The average molecular weight is 303 g/mol. The molecule has 7 heteroatoms. The number of carbonyl (C=O) groups excluding carboxylic acids is 1. The molecule has 2 N–H and O–H groups in total. The molecule has 4 atom stereocenters. The number of hydrogen-bond donors (Lipinski definition) is 2. The second-order valence-corrected chi connectivity index (χ2v) is 7.07. The van der Waals surface area contributed by atoms with Gasteiger partial charge >= 0.3 is 5.97 Å². The highest BCUT2D eigenvalue weighted by Crippen LogP contribution is 2.50. The predicted molar refractivity (Wildman–Crippen MR) is 75.6 cm³/mol. The molecule has 0 aromatic carbocycles. The lowest BCUT2D eigenvalue weighted by molar-refractivity contribution is -0.163. The zero-order valence-electron chi connectivity index (χ0n) is 11.0. The SMILES string of the molecule is CSCSC1=C(C(=O)O)N2C(=O)[C@H]([C@@H](C)O)[C@H]2[C@H]1C. The molecule has 106 valence electrons. The number of aliphatic carboxylic acids is 1. The van der Waals surface area contributed by atoms with Crippen LogP contribution >= 0.6 is 23.5 Å². The highest BCUT2D eigenvalue weighted by Gasteiger charge is 2.59. The number of carbonyl (C=O) groups is 2. The third-order valence-corrected chi connectivity index (χ3v) is 5.93. The number of thioether (sulfide) groups is 2.